The van der Waals surface area contributed by atoms with Gasteiger partial charge in [-0.1, -0.05) is 6.07 Å². The number of sulfonamides is 1. The van der Waals surface area contributed by atoms with E-state index in [2.05, 4.69) is 4.99 Å². The van der Waals surface area contributed by atoms with Crippen LogP contribution >= 0.6 is 0 Å². The average Bonchev–Trinajstić information content (AvgIpc) is 2.97. The van der Waals surface area contributed by atoms with Crippen LogP contribution in [-0.4, -0.2) is 33.6 Å². The maximum absolute atomic E-state index is 14.0. The lowest BCUT2D eigenvalue weighted by atomic mass is 9.90. The summed E-state index contributed by atoms with van der Waals surface area (Å²) in [6, 6.07) is 4.36. The molecular weight excluding hydrogens is 411 g/mol. The normalized spacial score (nSPS) is 17.4. The Labute approximate surface area is 160 Å². The molecule has 0 spiro atoms. The maximum Gasteiger partial charge on any atom is 0.307 e. The molecule has 0 radical (unpaired) electrons. The fraction of sp³-hybridized carbons (Fsp3) is 0.176. The lowest BCUT2D eigenvalue weighted by Gasteiger charge is -2.14. The molecule has 0 amide bonds. The minimum Gasteiger partial charge on any atom is -0.481 e. The number of rotatable bonds is 5. The van der Waals surface area contributed by atoms with Crippen molar-refractivity contribution in [3.63, 3.8) is 0 Å². The van der Waals surface area contributed by atoms with Crippen LogP contribution in [0.3, 0.4) is 0 Å². The predicted octanol–water partition coefficient (Wildman–Crippen LogP) is 1.82. The van der Waals surface area contributed by atoms with Crippen molar-refractivity contribution in [1.29, 1.82) is 0 Å². The second-order valence-corrected chi connectivity index (χ2v) is 9.62. The Balaban J connectivity index is 2.25. The lowest BCUT2D eigenvalue weighted by molar-refractivity contribution is -0.136. The van der Waals surface area contributed by atoms with Gasteiger partial charge in [-0.05, 0) is 36.8 Å². The first-order valence-corrected chi connectivity index (χ1v) is 10.9. The zero-order chi connectivity index (χ0) is 20.9. The summed E-state index contributed by atoms with van der Waals surface area (Å²) in [4.78, 5) is 14.5. The molecule has 0 saturated carbocycles. The van der Waals surface area contributed by atoms with Gasteiger partial charge < -0.3 is 5.11 Å². The fourth-order valence-electron chi connectivity index (χ4n) is 3.04. The molecule has 0 saturated heterocycles. The van der Waals surface area contributed by atoms with Crippen molar-refractivity contribution >= 4 is 31.5 Å². The highest BCUT2D eigenvalue weighted by molar-refractivity contribution is 7.95. The standard InChI is InChI=1S/C17H15FN2O6S2/c1-9-13(18)5-6-14-16(9)12(8-15(21)22)17(20-14)27(23,24)10-3-2-4-11(7-10)28(19,25)26/h2-5,7H,6,8H2,1H3,(H,21,22)(H2,19,25,26). The molecule has 28 heavy (non-hydrogen) atoms. The van der Waals surface area contributed by atoms with Gasteiger partial charge in [0.1, 0.15) is 5.83 Å². The fourth-order valence-corrected chi connectivity index (χ4v) is 5.17. The Bertz CT molecular complexity index is 1240. The third-order valence-corrected chi connectivity index (χ3v) is 6.95. The summed E-state index contributed by atoms with van der Waals surface area (Å²) >= 11 is 0. The number of fused-ring (bicyclic) bond motifs is 1. The van der Waals surface area contributed by atoms with Crippen molar-refractivity contribution in [1.82, 2.24) is 0 Å². The number of carbonyl (C=O) groups is 1. The number of nitrogens with two attached hydrogens (primary N) is 1. The Kier molecular flexibility index (Phi) is 4.86. The number of aliphatic carboxylic acids is 1. The predicted molar refractivity (Wildman–Crippen MR) is 98.2 cm³/mol. The van der Waals surface area contributed by atoms with Gasteiger partial charge in [0, 0.05) is 17.6 Å². The SMILES string of the molecule is CC1=C2C(=NC(S(=O)(=O)c3cccc(S(N)(=O)=O)c3)=C2CC(=O)O)CC=C1F. The van der Waals surface area contributed by atoms with Gasteiger partial charge in [0.25, 0.3) is 0 Å². The number of carboxylic acids is 1. The third-order valence-electron chi connectivity index (χ3n) is 4.32. The number of carboxylic acid groups (broad SMARTS) is 1. The molecule has 0 fully saturated rings. The van der Waals surface area contributed by atoms with E-state index in [1.165, 1.54) is 19.1 Å². The van der Waals surface area contributed by atoms with E-state index in [1.54, 1.807) is 0 Å². The van der Waals surface area contributed by atoms with Crippen molar-refractivity contribution in [2.24, 2.45) is 10.1 Å². The smallest absolute Gasteiger partial charge is 0.307 e. The van der Waals surface area contributed by atoms with Gasteiger partial charge >= 0.3 is 5.97 Å². The molecule has 3 N–H and O–H groups in total. The third kappa shape index (κ3) is 3.43. The van der Waals surface area contributed by atoms with Crippen LogP contribution in [0.15, 0.2) is 72.7 Å². The number of allylic oxidation sites excluding steroid dienone is 4. The molecule has 3 rings (SSSR count). The van der Waals surface area contributed by atoms with Crippen molar-refractivity contribution < 1.29 is 31.1 Å². The largest absolute Gasteiger partial charge is 0.481 e. The number of sulfone groups is 1. The van der Waals surface area contributed by atoms with Gasteiger partial charge in [-0.25, -0.2) is 31.4 Å². The van der Waals surface area contributed by atoms with Gasteiger partial charge in [-0.15, -0.1) is 0 Å². The molecule has 1 aliphatic heterocycles. The first-order chi connectivity index (χ1) is 12.9. The summed E-state index contributed by atoms with van der Waals surface area (Å²) in [6.45, 7) is 1.41. The molecule has 11 heteroatoms. The molecule has 0 unspecified atom stereocenters. The second kappa shape index (κ2) is 6.76. The quantitative estimate of drug-likeness (QED) is 0.735. The molecular formula is C17H15FN2O6S2. The Morgan fingerprint density at radius 3 is 2.50 bits per heavy atom. The molecule has 2 aliphatic rings. The van der Waals surface area contributed by atoms with E-state index in [9.17, 15) is 31.1 Å². The Morgan fingerprint density at radius 1 is 1.25 bits per heavy atom. The van der Waals surface area contributed by atoms with Gasteiger partial charge in [-0.2, -0.15) is 0 Å². The van der Waals surface area contributed by atoms with Crippen LogP contribution < -0.4 is 5.14 Å². The summed E-state index contributed by atoms with van der Waals surface area (Å²) in [6.07, 6.45) is 0.557. The van der Waals surface area contributed by atoms with E-state index in [0.29, 0.717) is 0 Å². The lowest BCUT2D eigenvalue weighted by Crippen LogP contribution is -2.14. The van der Waals surface area contributed by atoms with Crippen LogP contribution in [0.1, 0.15) is 19.8 Å². The van der Waals surface area contributed by atoms with Crippen LogP contribution in [0.2, 0.25) is 0 Å². The van der Waals surface area contributed by atoms with Gasteiger partial charge in [0.05, 0.1) is 21.9 Å². The number of hydrogen-bond donors (Lipinski definition) is 2. The minimum atomic E-state index is -4.39. The molecule has 1 aromatic rings. The first-order valence-electron chi connectivity index (χ1n) is 7.91. The van der Waals surface area contributed by atoms with E-state index in [4.69, 9.17) is 5.14 Å². The summed E-state index contributed by atoms with van der Waals surface area (Å²) in [5.74, 6) is -1.89. The molecule has 0 atom stereocenters. The van der Waals surface area contributed by atoms with Gasteiger partial charge in [0.15, 0.2) is 5.03 Å². The monoisotopic (exact) mass is 426 g/mol. The minimum absolute atomic E-state index is 0.0118. The highest BCUT2D eigenvalue weighted by Gasteiger charge is 2.36. The summed E-state index contributed by atoms with van der Waals surface area (Å²) in [7, 11) is -8.54. The molecule has 8 nitrogen and oxygen atoms in total. The van der Waals surface area contributed by atoms with Crippen molar-refractivity contribution in [2.75, 3.05) is 0 Å². The molecule has 1 aliphatic carbocycles. The highest BCUT2D eigenvalue weighted by atomic mass is 32.2. The maximum atomic E-state index is 14.0. The zero-order valence-electron chi connectivity index (χ0n) is 14.5. The number of benzene rings is 1. The van der Waals surface area contributed by atoms with E-state index < -0.39 is 52.9 Å². The molecule has 1 heterocycles. The number of nitrogens with zero attached hydrogens (tertiary/aromatic N) is 1. The van der Waals surface area contributed by atoms with Gasteiger partial charge in [-0.3, -0.25) is 4.79 Å². The number of halogens is 1. The number of aliphatic imine (C=N–C) groups is 1. The molecule has 0 bridgehead atoms. The van der Waals surface area contributed by atoms with Crippen molar-refractivity contribution in [3.05, 3.63) is 57.9 Å². The van der Waals surface area contributed by atoms with Crippen LogP contribution in [0, 0.1) is 0 Å². The van der Waals surface area contributed by atoms with Crippen molar-refractivity contribution in [3.8, 4) is 0 Å². The van der Waals surface area contributed by atoms with Crippen LogP contribution in [-0.2, 0) is 24.7 Å². The topological polar surface area (TPSA) is 144 Å². The summed E-state index contributed by atoms with van der Waals surface area (Å²) in [5.41, 5.74) is 0.369. The van der Waals surface area contributed by atoms with E-state index in [-0.39, 0.29) is 28.9 Å². The van der Waals surface area contributed by atoms with Crippen molar-refractivity contribution in [2.45, 2.75) is 29.6 Å². The number of primary sulfonamides is 1. The molecule has 1 aromatic carbocycles. The van der Waals surface area contributed by atoms with E-state index in [1.807, 2.05) is 0 Å². The Morgan fingerprint density at radius 2 is 1.89 bits per heavy atom. The van der Waals surface area contributed by atoms with Crippen LogP contribution in [0.4, 0.5) is 4.39 Å². The summed E-state index contributed by atoms with van der Waals surface area (Å²) in [5, 5.41) is 13.7. The van der Waals surface area contributed by atoms with E-state index >= 15 is 0 Å². The Hall–Kier alpha value is -2.63. The summed E-state index contributed by atoms with van der Waals surface area (Å²) < 4.78 is 63.3. The van der Waals surface area contributed by atoms with Crippen LogP contribution in [0.25, 0.3) is 0 Å². The van der Waals surface area contributed by atoms with E-state index in [0.717, 1.165) is 18.2 Å². The van der Waals surface area contributed by atoms with Crippen LogP contribution in [0.5, 0.6) is 0 Å². The van der Waals surface area contributed by atoms with Gasteiger partial charge in [0.2, 0.25) is 19.9 Å². The molecule has 0 aromatic heterocycles. The first kappa shape index (κ1) is 20.1. The number of hydrogen-bond acceptors (Lipinski definition) is 6. The zero-order valence-corrected chi connectivity index (χ0v) is 16.1. The highest BCUT2D eigenvalue weighted by Crippen LogP contribution is 2.40. The second-order valence-electron chi connectivity index (χ2n) is 6.19. The molecule has 148 valence electrons. The average molecular weight is 426 g/mol.